The van der Waals surface area contributed by atoms with Crippen LogP contribution in [0.1, 0.15) is 19.2 Å². The number of para-hydroxylation sites is 1. The highest BCUT2D eigenvalue weighted by atomic mass is 15.4. The molecule has 0 bridgehead atoms. The van der Waals surface area contributed by atoms with Gasteiger partial charge in [-0.05, 0) is 18.6 Å². The third-order valence-corrected chi connectivity index (χ3v) is 3.20. The van der Waals surface area contributed by atoms with Crippen LogP contribution in [-0.4, -0.2) is 26.6 Å². The molecule has 0 saturated carbocycles. The molecule has 20 heavy (non-hydrogen) atoms. The van der Waals surface area contributed by atoms with E-state index in [0.29, 0.717) is 0 Å². The zero-order chi connectivity index (χ0) is 13.9. The Labute approximate surface area is 117 Å². The van der Waals surface area contributed by atoms with Gasteiger partial charge in [-0.2, -0.15) is 14.6 Å². The van der Waals surface area contributed by atoms with Gasteiger partial charge in [0, 0.05) is 25.2 Å². The normalized spacial score (nSPS) is 10.9. The number of fused-ring (bicyclic) bond motifs is 1. The maximum absolute atomic E-state index is 4.65. The van der Waals surface area contributed by atoms with Crippen LogP contribution in [0.3, 0.4) is 0 Å². The average molecular weight is 267 g/mol. The summed E-state index contributed by atoms with van der Waals surface area (Å²) in [5.41, 5.74) is 1.91. The van der Waals surface area contributed by atoms with Gasteiger partial charge in [-0.15, -0.1) is 0 Å². The maximum Gasteiger partial charge on any atom is 0.234 e. The van der Waals surface area contributed by atoms with Crippen LogP contribution in [0.15, 0.2) is 42.6 Å². The Hall–Kier alpha value is -2.43. The molecule has 0 aliphatic carbocycles. The van der Waals surface area contributed by atoms with E-state index in [1.165, 1.54) is 0 Å². The van der Waals surface area contributed by atoms with Crippen LogP contribution < -0.4 is 4.90 Å². The van der Waals surface area contributed by atoms with E-state index in [1.54, 1.807) is 10.7 Å². The summed E-state index contributed by atoms with van der Waals surface area (Å²) in [6.45, 7) is 2.13. The van der Waals surface area contributed by atoms with Gasteiger partial charge in [0.1, 0.15) is 5.82 Å². The fourth-order valence-electron chi connectivity index (χ4n) is 2.17. The van der Waals surface area contributed by atoms with E-state index in [9.17, 15) is 0 Å². The Morgan fingerprint density at radius 1 is 1.10 bits per heavy atom. The van der Waals surface area contributed by atoms with Crippen molar-refractivity contribution >= 4 is 17.3 Å². The fraction of sp³-hybridized carbons (Fsp3) is 0.267. The predicted molar refractivity (Wildman–Crippen MR) is 79.3 cm³/mol. The van der Waals surface area contributed by atoms with Crippen LogP contribution in [-0.2, 0) is 6.42 Å². The Morgan fingerprint density at radius 3 is 2.65 bits per heavy atom. The number of anilines is 2. The highest BCUT2D eigenvalue weighted by Crippen LogP contribution is 2.21. The molecule has 0 atom stereocenters. The number of hydrogen-bond acceptors (Lipinski definition) is 4. The summed E-state index contributed by atoms with van der Waals surface area (Å²) in [6.07, 6.45) is 3.65. The predicted octanol–water partition coefficient (Wildman–Crippen LogP) is 2.84. The number of hydrogen-bond donors (Lipinski definition) is 0. The molecular formula is C15H17N5. The molecule has 5 heteroatoms. The summed E-state index contributed by atoms with van der Waals surface area (Å²) in [4.78, 5) is 11.2. The van der Waals surface area contributed by atoms with E-state index in [-0.39, 0.29) is 0 Å². The van der Waals surface area contributed by atoms with Gasteiger partial charge in [0.05, 0.1) is 6.20 Å². The molecule has 0 saturated heterocycles. The largest absolute Gasteiger partial charge is 0.313 e. The van der Waals surface area contributed by atoms with Crippen LogP contribution in [0.25, 0.3) is 5.65 Å². The molecule has 1 aromatic carbocycles. The number of nitrogens with zero attached hydrogens (tertiary/aromatic N) is 5. The monoisotopic (exact) mass is 267 g/mol. The second-order valence-electron chi connectivity index (χ2n) is 4.69. The van der Waals surface area contributed by atoms with Gasteiger partial charge in [0.2, 0.25) is 5.95 Å². The SMILES string of the molecule is CCCc1nc(N(C)c2ccccc2)n2nccc2n1. The first-order valence-corrected chi connectivity index (χ1v) is 6.79. The lowest BCUT2D eigenvalue weighted by molar-refractivity contribution is 0.787. The number of aryl methyl sites for hydroxylation is 1. The van der Waals surface area contributed by atoms with Gasteiger partial charge in [-0.1, -0.05) is 25.1 Å². The van der Waals surface area contributed by atoms with Crippen molar-refractivity contribution < 1.29 is 0 Å². The fourth-order valence-corrected chi connectivity index (χ4v) is 2.17. The van der Waals surface area contributed by atoms with Crippen molar-refractivity contribution in [2.24, 2.45) is 0 Å². The maximum atomic E-state index is 4.65. The molecule has 5 nitrogen and oxygen atoms in total. The van der Waals surface area contributed by atoms with E-state index in [1.807, 2.05) is 36.2 Å². The van der Waals surface area contributed by atoms with Crippen LogP contribution >= 0.6 is 0 Å². The highest BCUT2D eigenvalue weighted by molar-refractivity contribution is 5.58. The van der Waals surface area contributed by atoms with E-state index >= 15 is 0 Å². The molecule has 0 radical (unpaired) electrons. The molecule has 0 N–H and O–H groups in total. The molecule has 102 valence electrons. The molecule has 0 aliphatic heterocycles. The highest BCUT2D eigenvalue weighted by Gasteiger charge is 2.13. The molecule has 0 unspecified atom stereocenters. The van der Waals surface area contributed by atoms with Crippen molar-refractivity contribution in [3.05, 3.63) is 48.4 Å². The zero-order valence-corrected chi connectivity index (χ0v) is 11.7. The van der Waals surface area contributed by atoms with Crippen molar-refractivity contribution in [2.45, 2.75) is 19.8 Å². The minimum absolute atomic E-state index is 0.787. The van der Waals surface area contributed by atoms with Crippen LogP contribution in [0.2, 0.25) is 0 Å². The third-order valence-electron chi connectivity index (χ3n) is 3.20. The van der Waals surface area contributed by atoms with Crippen molar-refractivity contribution in [1.29, 1.82) is 0 Å². The first kappa shape index (κ1) is 12.6. The first-order valence-electron chi connectivity index (χ1n) is 6.79. The number of aromatic nitrogens is 4. The molecule has 2 heterocycles. The Balaban J connectivity index is 2.11. The molecule has 2 aromatic heterocycles. The summed E-state index contributed by atoms with van der Waals surface area (Å²) in [6, 6.07) is 12.0. The van der Waals surface area contributed by atoms with Crippen LogP contribution in [0.5, 0.6) is 0 Å². The molecule has 0 fully saturated rings. The van der Waals surface area contributed by atoms with Gasteiger partial charge in [0.15, 0.2) is 5.65 Å². The minimum Gasteiger partial charge on any atom is -0.313 e. The van der Waals surface area contributed by atoms with E-state index in [2.05, 4.69) is 34.1 Å². The number of rotatable bonds is 4. The van der Waals surface area contributed by atoms with Gasteiger partial charge >= 0.3 is 0 Å². The minimum atomic E-state index is 0.787. The van der Waals surface area contributed by atoms with Crippen LogP contribution in [0.4, 0.5) is 11.6 Å². The van der Waals surface area contributed by atoms with Gasteiger partial charge in [-0.3, -0.25) is 0 Å². The van der Waals surface area contributed by atoms with Gasteiger partial charge in [0.25, 0.3) is 0 Å². The first-order chi connectivity index (χ1) is 9.79. The molecule has 0 spiro atoms. The molecule has 0 aliphatic rings. The molecular weight excluding hydrogens is 250 g/mol. The Bertz CT molecular complexity index is 705. The van der Waals surface area contributed by atoms with Gasteiger partial charge in [-0.25, -0.2) is 4.98 Å². The summed E-state index contributed by atoms with van der Waals surface area (Å²) in [5, 5.41) is 4.32. The quantitative estimate of drug-likeness (QED) is 0.729. The molecule has 3 rings (SSSR count). The standard InChI is InChI=1S/C15H17N5/c1-3-7-13-17-14-10-11-16-20(14)15(18-13)19(2)12-8-5-4-6-9-12/h4-6,8-11H,3,7H2,1-2H3. The van der Waals surface area contributed by atoms with E-state index in [4.69, 9.17) is 0 Å². The zero-order valence-electron chi connectivity index (χ0n) is 11.7. The second-order valence-corrected chi connectivity index (χ2v) is 4.69. The van der Waals surface area contributed by atoms with Crippen molar-refractivity contribution in [1.82, 2.24) is 19.6 Å². The Morgan fingerprint density at radius 2 is 1.90 bits per heavy atom. The van der Waals surface area contributed by atoms with E-state index < -0.39 is 0 Å². The van der Waals surface area contributed by atoms with Gasteiger partial charge < -0.3 is 4.90 Å². The van der Waals surface area contributed by atoms with E-state index in [0.717, 1.165) is 35.9 Å². The lowest BCUT2D eigenvalue weighted by Gasteiger charge is -2.19. The van der Waals surface area contributed by atoms with Crippen molar-refractivity contribution in [3.63, 3.8) is 0 Å². The van der Waals surface area contributed by atoms with Crippen LogP contribution in [0, 0.1) is 0 Å². The lowest BCUT2D eigenvalue weighted by Crippen LogP contribution is -2.17. The average Bonchev–Trinajstić information content (AvgIpc) is 2.95. The second kappa shape index (κ2) is 5.28. The van der Waals surface area contributed by atoms with Crippen molar-refractivity contribution in [2.75, 3.05) is 11.9 Å². The summed E-state index contributed by atoms with van der Waals surface area (Å²) >= 11 is 0. The topological polar surface area (TPSA) is 46.3 Å². The lowest BCUT2D eigenvalue weighted by atomic mass is 10.3. The summed E-state index contributed by atoms with van der Waals surface area (Å²) in [7, 11) is 1.99. The summed E-state index contributed by atoms with van der Waals surface area (Å²) in [5.74, 6) is 1.65. The number of benzene rings is 1. The smallest absolute Gasteiger partial charge is 0.234 e. The third kappa shape index (κ3) is 2.22. The van der Waals surface area contributed by atoms with Crippen molar-refractivity contribution in [3.8, 4) is 0 Å². The molecule has 0 amide bonds. The Kier molecular flexibility index (Phi) is 3.33. The molecule has 3 aromatic rings. The summed E-state index contributed by atoms with van der Waals surface area (Å²) < 4.78 is 1.77.